The zero-order valence-electron chi connectivity index (χ0n) is 12.3. The van der Waals surface area contributed by atoms with Crippen LogP contribution >= 0.6 is 0 Å². The molecule has 0 aliphatic carbocycles. The Morgan fingerprint density at radius 1 is 1.10 bits per heavy atom. The molecule has 3 nitrogen and oxygen atoms in total. The van der Waals surface area contributed by atoms with Gasteiger partial charge >= 0.3 is 0 Å². The number of benzene rings is 1. The zero-order chi connectivity index (χ0) is 14.4. The van der Waals surface area contributed by atoms with Gasteiger partial charge in [0.05, 0.1) is 5.82 Å². The summed E-state index contributed by atoms with van der Waals surface area (Å²) < 4.78 is 0. The summed E-state index contributed by atoms with van der Waals surface area (Å²) in [6, 6.07) is 8.25. The highest BCUT2D eigenvalue weighted by molar-refractivity contribution is 5.67. The quantitative estimate of drug-likeness (QED) is 0.828. The number of hydrogen-bond donors (Lipinski definition) is 2. The maximum atomic E-state index is 6.19. The Morgan fingerprint density at radius 3 is 2.50 bits per heavy atom. The fraction of sp³-hybridized carbons (Fsp3) is 0.412. The molecule has 1 aliphatic rings. The minimum Gasteiger partial charge on any atom is -0.398 e. The largest absolute Gasteiger partial charge is 0.398 e. The Morgan fingerprint density at radius 2 is 1.80 bits per heavy atom. The third kappa shape index (κ3) is 3.56. The van der Waals surface area contributed by atoms with Crippen molar-refractivity contribution in [2.45, 2.75) is 32.6 Å². The molecule has 4 N–H and O–H groups in total. The van der Waals surface area contributed by atoms with Crippen molar-refractivity contribution < 1.29 is 0 Å². The molecule has 1 aromatic rings. The van der Waals surface area contributed by atoms with Gasteiger partial charge in [0.25, 0.3) is 0 Å². The highest BCUT2D eigenvalue weighted by Gasteiger charge is 2.10. The van der Waals surface area contributed by atoms with Crippen molar-refractivity contribution in [2.24, 2.45) is 11.5 Å². The first-order valence-electron chi connectivity index (χ1n) is 7.48. The lowest BCUT2D eigenvalue weighted by molar-refractivity contribution is 0.282. The average Bonchev–Trinajstić information content (AvgIpc) is 2.53. The molecule has 0 radical (unpaired) electrons. The topological polar surface area (TPSA) is 55.3 Å². The van der Waals surface area contributed by atoms with Crippen LogP contribution in [0.15, 0.2) is 42.2 Å². The van der Waals surface area contributed by atoms with Crippen LogP contribution in [0.2, 0.25) is 0 Å². The number of piperidine rings is 1. The average molecular weight is 271 g/mol. The minimum absolute atomic E-state index is 0.780. The van der Waals surface area contributed by atoms with Crippen LogP contribution in [0, 0.1) is 0 Å². The van der Waals surface area contributed by atoms with Crippen LogP contribution < -0.4 is 11.5 Å². The second-order valence-corrected chi connectivity index (χ2v) is 5.27. The molecule has 1 fully saturated rings. The van der Waals surface area contributed by atoms with E-state index < -0.39 is 0 Å². The van der Waals surface area contributed by atoms with Crippen molar-refractivity contribution in [1.82, 2.24) is 4.90 Å². The van der Waals surface area contributed by atoms with Crippen molar-refractivity contribution in [3.05, 3.63) is 53.4 Å². The number of nitrogens with two attached hydrogens (primary N) is 2. The van der Waals surface area contributed by atoms with Crippen LogP contribution in [0.5, 0.6) is 0 Å². The lowest BCUT2D eigenvalue weighted by atomic mass is 10.0. The van der Waals surface area contributed by atoms with E-state index >= 15 is 0 Å². The summed E-state index contributed by atoms with van der Waals surface area (Å²) in [5, 5.41) is 0. The number of rotatable bonds is 4. The molecular weight excluding hydrogens is 246 g/mol. The van der Waals surface area contributed by atoms with Gasteiger partial charge in [-0.05, 0) is 43.4 Å². The van der Waals surface area contributed by atoms with Crippen LogP contribution in [0.4, 0.5) is 0 Å². The van der Waals surface area contributed by atoms with Gasteiger partial charge in [0.15, 0.2) is 0 Å². The molecule has 1 aliphatic heterocycles. The molecule has 108 valence electrons. The fourth-order valence-electron chi connectivity index (χ4n) is 2.63. The summed E-state index contributed by atoms with van der Waals surface area (Å²) in [5.74, 6) is 0.821. The number of likely N-dealkylation sites (tertiary alicyclic amines) is 1. The predicted molar refractivity (Wildman–Crippen MR) is 85.7 cm³/mol. The summed E-state index contributed by atoms with van der Waals surface area (Å²) in [6.07, 6.45) is 8.62. The molecule has 0 atom stereocenters. The van der Waals surface area contributed by atoms with E-state index in [0.29, 0.717) is 0 Å². The van der Waals surface area contributed by atoms with Gasteiger partial charge in [-0.2, -0.15) is 0 Å². The van der Waals surface area contributed by atoms with Gasteiger partial charge in [-0.1, -0.05) is 31.2 Å². The third-order valence-electron chi connectivity index (χ3n) is 3.86. The Labute approximate surface area is 122 Å². The number of aryl methyl sites for hydroxylation is 1. The van der Waals surface area contributed by atoms with E-state index in [2.05, 4.69) is 24.0 Å². The molecule has 0 bridgehead atoms. The van der Waals surface area contributed by atoms with Gasteiger partial charge in [0.1, 0.15) is 0 Å². The molecule has 0 unspecified atom stereocenters. The highest BCUT2D eigenvalue weighted by atomic mass is 15.2. The standard InChI is InChI=1S/C17H25N3/c1-2-14-8-4-5-9-15(14)16(18)10-11-17(19)20-12-6-3-7-13-20/h4-5,8-11H,2-3,6-7,12-13,18-19H2,1H3/b16-10-,17-11+. The Balaban J connectivity index is 2.13. The molecule has 0 spiro atoms. The lowest BCUT2D eigenvalue weighted by Crippen LogP contribution is -2.32. The lowest BCUT2D eigenvalue weighted by Gasteiger charge is -2.28. The summed E-state index contributed by atoms with van der Waals surface area (Å²) >= 11 is 0. The van der Waals surface area contributed by atoms with Gasteiger partial charge in [-0.25, -0.2) is 0 Å². The van der Waals surface area contributed by atoms with Gasteiger partial charge in [-0.15, -0.1) is 0 Å². The van der Waals surface area contributed by atoms with E-state index in [1.54, 1.807) is 0 Å². The summed E-state index contributed by atoms with van der Waals surface area (Å²) in [5.41, 5.74) is 15.5. The van der Waals surface area contributed by atoms with Crippen LogP contribution in [-0.2, 0) is 6.42 Å². The first-order valence-corrected chi connectivity index (χ1v) is 7.48. The van der Waals surface area contributed by atoms with E-state index in [4.69, 9.17) is 11.5 Å². The second kappa shape index (κ2) is 7.04. The number of nitrogens with zero attached hydrogens (tertiary/aromatic N) is 1. The van der Waals surface area contributed by atoms with Gasteiger partial charge < -0.3 is 16.4 Å². The molecule has 20 heavy (non-hydrogen) atoms. The van der Waals surface area contributed by atoms with E-state index in [1.807, 2.05) is 24.3 Å². The third-order valence-corrected chi connectivity index (χ3v) is 3.86. The predicted octanol–water partition coefficient (Wildman–Crippen LogP) is 2.83. The van der Waals surface area contributed by atoms with Crippen molar-refractivity contribution in [2.75, 3.05) is 13.1 Å². The van der Waals surface area contributed by atoms with E-state index in [1.165, 1.54) is 24.8 Å². The van der Waals surface area contributed by atoms with Crippen LogP contribution in [0.1, 0.15) is 37.3 Å². The van der Waals surface area contributed by atoms with Crippen LogP contribution in [0.25, 0.3) is 5.70 Å². The maximum Gasteiger partial charge on any atom is 0.0987 e. The molecule has 0 saturated carbocycles. The van der Waals surface area contributed by atoms with Crippen LogP contribution in [-0.4, -0.2) is 18.0 Å². The molecular formula is C17H25N3. The summed E-state index contributed by atoms with van der Waals surface area (Å²) in [7, 11) is 0. The van der Waals surface area contributed by atoms with E-state index in [9.17, 15) is 0 Å². The highest BCUT2D eigenvalue weighted by Crippen LogP contribution is 2.17. The molecule has 2 rings (SSSR count). The smallest absolute Gasteiger partial charge is 0.0987 e. The molecule has 0 amide bonds. The fourth-order valence-corrected chi connectivity index (χ4v) is 2.63. The maximum absolute atomic E-state index is 6.19. The number of allylic oxidation sites excluding steroid dienone is 2. The van der Waals surface area contributed by atoms with E-state index in [-0.39, 0.29) is 0 Å². The SMILES string of the molecule is CCc1ccccc1/C(N)=C/C=C(\N)N1CCCCC1. The van der Waals surface area contributed by atoms with E-state index in [0.717, 1.165) is 36.6 Å². The van der Waals surface area contributed by atoms with Crippen molar-refractivity contribution in [3.8, 4) is 0 Å². The van der Waals surface area contributed by atoms with Crippen molar-refractivity contribution in [3.63, 3.8) is 0 Å². The van der Waals surface area contributed by atoms with Crippen molar-refractivity contribution >= 4 is 5.70 Å². The first-order chi connectivity index (χ1) is 9.72. The second-order valence-electron chi connectivity index (χ2n) is 5.27. The van der Waals surface area contributed by atoms with Gasteiger partial charge in [0.2, 0.25) is 0 Å². The Hall–Kier alpha value is -1.90. The minimum atomic E-state index is 0.780. The molecule has 1 heterocycles. The van der Waals surface area contributed by atoms with Crippen molar-refractivity contribution in [1.29, 1.82) is 0 Å². The first kappa shape index (κ1) is 14.5. The summed E-state index contributed by atoms with van der Waals surface area (Å²) in [6.45, 7) is 4.26. The normalized spacial score (nSPS) is 17.4. The molecule has 3 heteroatoms. The monoisotopic (exact) mass is 271 g/mol. The van der Waals surface area contributed by atoms with Gasteiger partial charge in [-0.3, -0.25) is 0 Å². The Bertz CT molecular complexity index is 497. The van der Waals surface area contributed by atoms with Crippen LogP contribution in [0.3, 0.4) is 0 Å². The summed E-state index contributed by atoms with van der Waals surface area (Å²) in [4.78, 5) is 2.24. The zero-order valence-corrected chi connectivity index (χ0v) is 12.3. The van der Waals surface area contributed by atoms with Gasteiger partial charge in [0, 0.05) is 24.4 Å². The molecule has 1 aromatic carbocycles. The Kier molecular flexibility index (Phi) is 5.10. The molecule has 1 saturated heterocycles. The number of hydrogen-bond acceptors (Lipinski definition) is 3. The molecule has 0 aromatic heterocycles.